The Kier molecular flexibility index (Phi) is 9.34. The van der Waals surface area contributed by atoms with Crippen LogP contribution in [0.4, 0.5) is 0 Å². The monoisotopic (exact) mass is 670 g/mol. The van der Waals surface area contributed by atoms with Crippen molar-refractivity contribution in [2.75, 3.05) is 39.5 Å². The van der Waals surface area contributed by atoms with E-state index in [9.17, 15) is 27.0 Å². The molecule has 0 radical (unpaired) electrons. The topological polar surface area (TPSA) is 142 Å². The van der Waals surface area contributed by atoms with E-state index in [1.165, 1.54) is 12.1 Å². The number of ether oxygens (including phenoxy) is 2. The summed E-state index contributed by atoms with van der Waals surface area (Å²) < 4.78 is 65.3. The van der Waals surface area contributed by atoms with Gasteiger partial charge < -0.3 is 25.0 Å². The Bertz CT molecular complexity index is 1750. The van der Waals surface area contributed by atoms with Gasteiger partial charge in [0, 0.05) is 25.7 Å². The van der Waals surface area contributed by atoms with Gasteiger partial charge in [-0.3, -0.25) is 0 Å². The molecule has 3 aromatic rings. The zero-order chi connectivity index (χ0) is 32.6. The van der Waals surface area contributed by atoms with E-state index in [2.05, 4.69) is 5.32 Å². The van der Waals surface area contributed by atoms with Crippen LogP contribution in [0.15, 0.2) is 82.6 Å². The van der Waals surface area contributed by atoms with E-state index >= 15 is 0 Å². The van der Waals surface area contributed by atoms with Crippen molar-refractivity contribution < 1.29 is 36.5 Å². The number of sulfone groups is 1. The second kappa shape index (κ2) is 13.0. The molecule has 1 spiro atoms. The van der Waals surface area contributed by atoms with Crippen molar-refractivity contribution in [3.63, 3.8) is 0 Å². The molecule has 2 heterocycles. The van der Waals surface area contributed by atoms with E-state index in [1.807, 2.05) is 37.3 Å². The molecule has 1 aliphatic carbocycles. The van der Waals surface area contributed by atoms with Gasteiger partial charge in [-0.1, -0.05) is 48.0 Å². The molecule has 3 aliphatic rings. The van der Waals surface area contributed by atoms with Crippen molar-refractivity contribution in [3.8, 4) is 16.9 Å². The molecule has 3 aromatic carbocycles. The lowest BCUT2D eigenvalue weighted by molar-refractivity contribution is -0.0312. The molecule has 6 rings (SSSR count). The summed E-state index contributed by atoms with van der Waals surface area (Å²) in [5.41, 5.74) is 2.57. The molecule has 46 heavy (non-hydrogen) atoms. The third kappa shape index (κ3) is 6.75. The first-order valence-corrected chi connectivity index (χ1v) is 18.7. The molecule has 2 aliphatic heterocycles. The second-order valence-electron chi connectivity index (χ2n) is 12.9. The number of hydrogen-bond donors (Lipinski definition) is 3. The first-order valence-electron chi connectivity index (χ1n) is 15.8. The number of aliphatic hydroxyl groups excluding tert-OH is 2. The van der Waals surface area contributed by atoms with Crippen molar-refractivity contribution in [3.05, 3.63) is 78.4 Å². The van der Waals surface area contributed by atoms with Gasteiger partial charge in [-0.25, -0.2) is 16.8 Å². The Morgan fingerprint density at radius 2 is 1.63 bits per heavy atom. The predicted octanol–water partition coefficient (Wildman–Crippen LogP) is 3.30. The summed E-state index contributed by atoms with van der Waals surface area (Å²) in [5.74, 6) is 0.334. The Morgan fingerprint density at radius 1 is 0.935 bits per heavy atom. The summed E-state index contributed by atoms with van der Waals surface area (Å²) in [6.07, 6.45) is 1.92. The molecular formula is C34H42N2O8S2. The van der Waals surface area contributed by atoms with E-state index in [-0.39, 0.29) is 29.0 Å². The third-order valence-electron chi connectivity index (χ3n) is 9.57. The summed E-state index contributed by atoms with van der Waals surface area (Å²) in [5, 5.41) is 23.5. The summed E-state index contributed by atoms with van der Waals surface area (Å²) in [6.45, 7) is 3.04. The maximum Gasteiger partial charge on any atom is 0.243 e. The number of rotatable bonds is 12. The molecule has 1 saturated carbocycles. The van der Waals surface area contributed by atoms with Crippen LogP contribution in [0.25, 0.3) is 11.1 Å². The van der Waals surface area contributed by atoms with E-state index in [4.69, 9.17) is 9.47 Å². The molecule has 0 amide bonds. The van der Waals surface area contributed by atoms with Crippen LogP contribution in [0.5, 0.6) is 5.75 Å². The van der Waals surface area contributed by atoms with Gasteiger partial charge in [0.05, 0.1) is 33.4 Å². The lowest BCUT2D eigenvalue weighted by Gasteiger charge is -2.38. The Morgan fingerprint density at radius 3 is 2.33 bits per heavy atom. The van der Waals surface area contributed by atoms with Crippen LogP contribution in [-0.2, 0) is 24.6 Å². The Balaban J connectivity index is 0.974. The fourth-order valence-corrected chi connectivity index (χ4v) is 9.70. The fourth-order valence-electron chi connectivity index (χ4n) is 6.38. The van der Waals surface area contributed by atoms with Gasteiger partial charge in [0.1, 0.15) is 18.5 Å². The lowest BCUT2D eigenvalue weighted by atomic mass is 9.88. The summed E-state index contributed by atoms with van der Waals surface area (Å²) in [7, 11) is -7.33. The quantitative estimate of drug-likeness (QED) is 0.265. The highest BCUT2D eigenvalue weighted by atomic mass is 32.2. The van der Waals surface area contributed by atoms with Crippen LogP contribution in [0.1, 0.15) is 37.7 Å². The zero-order valence-electron chi connectivity index (χ0n) is 26.0. The summed E-state index contributed by atoms with van der Waals surface area (Å²) in [6, 6.07) is 21.3. The Labute approximate surface area is 271 Å². The molecule has 2 atom stereocenters. The van der Waals surface area contributed by atoms with Crippen molar-refractivity contribution in [2.24, 2.45) is 0 Å². The van der Waals surface area contributed by atoms with Gasteiger partial charge >= 0.3 is 0 Å². The minimum Gasteiger partial charge on any atom is -0.491 e. The average Bonchev–Trinajstić information content (AvgIpc) is 3.79. The predicted molar refractivity (Wildman–Crippen MR) is 174 cm³/mol. The van der Waals surface area contributed by atoms with Crippen molar-refractivity contribution in [1.29, 1.82) is 0 Å². The van der Waals surface area contributed by atoms with Gasteiger partial charge in [-0.2, -0.15) is 4.31 Å². The van der Waals surface area contributed by atoms with Crippen LogP contribution < -0.4 is 10.1 Å². The van der Waals surface area contributed by atoms with Crippen LogP contribution in [0.2, 0.25) is 0 Å². The van der Waals surface area contributed by atoms with Gasteiger partial charge in [-0.15, -0.1) is 0 Å². The Hall–Kier alpha value is -2.84. The maximum absolute atomic E-state index is 13.6. The van der Waals surface area contributed by atoms with Crippen LogP contribution in [-0.4, -0.2) is 93.3 Å². The minimum atomic E-state index is -3.67. The maximum atomic E-state index is 13.6. The molecule has 12 heteroatoms. The molecule has 3 N–H and O–H groups in total. The third-order valence-corrected chi connectivity index (χ3v) is 14.0. The van der Waals surface area contributed by atoms with Gasteiger partial charge in [0.15, 0.2) is 9.84 Å². The molecular weight excluding hydrogens is 629 g/mol. The van der Waals surface area contributed by atoms with Crippen molar-refractivity contribution >= 4 is 19.9 Å². The lowest BCUT2D eigenvalue weighted by Crippen LogP contribution is -2.47. The van der Waals surface area contributed by atoms with E-state index in [0.717, 1.165) is 16.7 Å². The number of aryl methyl sites for hydroxylation is 1. The normalized spacial score (nSPS) is 21.7. The molecule has 0 aromatic heterocycles. The SMILES string of the molecule is Cc1ccc(-c2cccc(S(=O)(=O)N3CCC4(CC3)C[C@@H](NCC(O)COc3cccc(S(=O)(=O)C5(CO)CC5)c3)CO4)c2)cc1. The minimum absolute atomic E-state index is 0.00526. The van der Waals surface area contributed by atoms with Gasteiger partial charge in [-0.05, 0) is 80.5 Å². The van der Waals surface area contributed by atoms with Crippen LogP contribution in [0, 0.1) is 6.92 Å². The van der Waals surface area contributed by atoms with E-state index < -0.39 is 42.9 Å². The largest absolute Gasteiger partial charge is 0.491 e. The molecule has 10 nitrogen and oxygen atoms in total. The highest BCUT2D eigenvalue weighted by Crippen LogP contribution is 2.46. The first-order chi connectivity index (χ1) is 22.0. The average molecular weight is 671 g/mol. The van der Waals surface area contributed by atoms with E-state index in [0.29, 0.717) is 57.6 Å². The smallest absolute Gasteiger partial charge is 0.243 e. The number of nitrogens with one attached hydrogen (secondary N) is 1. The second-order valence-corrected chi connectivity index (χ2v) is 17.2. The summed E-state index contributed by atoms with van der Waals surface area (Å²) in [4.78, 5) is 0.391. The van der Waals surface area contributed by atoms with Crippen LogP contribution in [0.3, 0.4) is 0 Å². The van der Waals surface area contributed by atoms with E-state index in [1.54, 1.807) is 34.6 Å². The molecule has 0 bridgehead atoms. The van der Waals surface area contributed by atoms with Crippen LogP contribution >= 0.6 is 0 Å². The molecule has 3 fully saturated rings. The number of piperidine rings is 1. The van der Waals surface area contributed by atoms with Gasteiger partial charge in [0.25, 0.3) is 0 Å². The number of aliphatic hydroxyl groups is 2. The highest BCUT2D eigenvalue weighted by molar-refractivity contribution is 7.93. The fraction of sp³-hybridized carbons (Fsp3) is 0.471. The van der Waals surface area contributed by atoms with Gasteiger partial charge in [0.2, 0.25) is 10.0 Å². The zero-order valence-corrected chi connectivity index (χ0v) is 27.6. The number of nitrogens with zero attached hydrogens (tertiary/aromatic N) is 1. The molecule has 1 unspecified atom stereocenters. The summed E-state index contributed by atoms with van der Waals surface area (Å²) >= 11 is 0. The van der Waals surface area contributed by atoms with Crippen molar-refractivity contribution in [2.45, 2.75) is 71.3 Å². The highest BCUT2D eigenvalue weighted by Gasteiger charge is 2.54. The number of benzene rings is 3. The molecule has 248 valence electrons. The number of sulfonamides is 1. The first kappa shape index (κ1) is 33.1. The number of hydrogen-bond acceptors (Lipinski definition) is 9. The van der Waals surface area contributed by atoms with Crippen molar-refractivity contribution in [1.82, 2.24) is 9.62 Å². The standard InChI is InChI=1S/C34H42N2O8S2/c1-25-8-10-26(11-9-25)27-4-2-7-32(18-27)46(41,42)36-16-14-33(15-17-36)20-28(22-44-33)35-21-29(38)23-43-30-5-3-6-31(19-30)45(39,40)34(24-37)12-13-34/h2-11,18-19,28-29,35,37-38H,12-17,20-24H2,1H3/t28-,29?/m1/s1. The molecule has 2 saturated heterocycles.